The fraction of sp³-hybridized carbons (Fsp3) is 0.158. The molecule has 4 heteroatoms. The second-order valence-corrected chi connectivity index (χ2v) is 7.76. The van der Waals surface area contributed by atoms with E-state index in [1.165, 1.54) is 27.1 Å². The molecule has 0 aliphatic carbocycles. The highest BCUT2D eigenvalue weighted by molar-refractivity contribution is 8.14. The Morgan fingerprint density at radius 1 is 0.826 bits per heavy atom. The molecule has 0 fully saturated rings. The van der Waals surface area contributed by atoms with E-state index in [1.807, 2.05) is 0 Å². The number of thioether (sulfide) groups is 1. The van der Waals surface area contributed by atoms with E-state index in [-0.39, 0.29) is 0 Å². The molecule has 0 saturated heterocycles. The van der Waals surface area contributed by atoms with Crippen LogP contribution in [-0.2, 0) is 6.54 Å². The van der Waals surface area contributed by atoms with E-state index in [1.54, 1.807) is 23.1 Å². The molecule has 0 N–H and O–H groups in total. The molecular weight excluding hydrogens is 320 g/mol. The number of benzene rings is 2. The Hall–Kier alpha value is -1.91. The molecule has 2 aromatic carbocycles. The van der Waals surface area contributed by atoms with Gasteiger partial charge in [-0.05, 0) is 25.6 Å². The highest BCUT2D eigenvalue weighted by Gasteiger charge is 2.20. The molecule has 1 aliphatic heterocycles. The van der Waals surface area contributed by atoms with Crippen molar-refractivity contribution in [2.75, 3.05) is 0 Å². The number of aryl methyl sites for hydroxylation is 2. The summed E-state index contributed by atoms with van der Waals surface area (Å²) in [4.78, 5) is 10.9. The Balaban J connectivity index is 1.62. The first-order valence-corrected chi connectivity index (χ1v) is 9.18. The standard InChI is InChI=1S/C19H16N2S2/c1-12-3-7-14(8-4-12)17-20-11-16-19(23-17)21-18(22-16)15-9-5-13(2)6-10-15/h3-10H,11H2,1-2H3. The van der Waals surface area contributed by atoms with E-state index >= 15 is 0 Å². The molecule has 23 heavy (non-hydrogen) atoms. The minimum absolute atomic E-state index is 0.731. The van der Waals surface area contributed by atoms with Gasteiger partial charge in [-0.1, -0.05) is 59.7 Å². The van der Waals surface area contributed by atoms with Gasteiger partial charge in [-0.25, -0.2) is 4.98 Å². The minimum Gasteiger partial charge on any atom is -0.272 e. The number of aliphatic imine (C=N–C) groups is 1. The summed E-state index contributed by atoms with van der Waals surface area (Å²) in [5.74, 6) is 0. The molecule has 0 unspecified atom stereocenters. The summed E-state index contributed by atoms with van der Waals surface area (Å²) in [6, 6.07) is 17.1. The summed E-state index contributed by atoms with van der Waals surface area (Å²) in [5.41, 5.74) is 4.91. The van der Waals surface area contributed by atoms with E-state index in [0.717, 1.165) is 21.6 Å². The number of hydrogen-bond donors (Lipinski definition) is 0. The first kappa shape index (κ1) is 14.7. The van der Waals surface area contributed by atoms with Crippen molar-refractivity contribution in [3.8, 4) is 10.6 Å². The molecule has 0 atom stereocenters. The van der Waals surface area contributed by atoms with Crippen LogP contribution in [0.1, 0.15) is 21.6 Å². The summed E-state index contributed by atoms with van der Waals surface area (Å²) in [6.45, 7) is 4.94. The molecule has 0 spiro atoms. The van der Waals surface area contributed by atoms with Crippen LogP contribution in [0.15, 0.2) is 58.5 Å². The third-order valence-electron chi connectivity index (χ3n) is 3.82. The number of fused-ring (bicyclic) bond motifs is 1. The van der Waals surface area contributed by atoms with E-state index in [9.17, 15) is 0 Å². The molecule has 2 heterocycles. The van der Waals surface area contributed by atoms with Crippen LogP contribution in [0, 0.1) is 13.8 Å². The van der Waals surface area contributed by atoms with Gasteiger partial charge in [0, 0.05) is 11.1 Å². The van der Waals surface area contributed by atoms with E-state index in [0.29, 0.717) is 0 Å². The van der Waals surface area contributed by atoms with Gasteiger partial charge < -0.3 is 0 Å². The maximum atomic E-state index is 4.84. The van der Waals surface area contributed by atoms with E-state index < -0.39 is 0 Å². The Labute approximate surface area is 144 Å². The molecule has 3 aromatic rings. The van der Waals surface area contributed by atoms with Crippen molar-refractivity contribution in [2.45, 2.75) is 25.4 Å². The van der Waals surface area contributed by atoms with E-state index in [2.05, 4.69) is 62.4 Å². The number of thiazole rings is 1. The highest BCUT2D eigenvalue weighted by atomic mass is 32.2. The normalized spacial score (nSPS) is 13.6. The quantitative estimate of drug-likeness (QED) is 0.619. The van der Waals surface area contributed by atoms with Gasteiger partial charge in [0.1, 0.15) is 15.1 Å². The second kappa shape index (κ2) is 5.95. The van der Waals surface area contributed by atoms with Crippen molar-refractivity contribution in [1.82, 2.24) is 4.98 Å². The lowest BCUT2D eigenvalue weighted by molar-refractivity contribution is 1.02. The zero-order valence-electron chi connectivity index (χ0n) is 13.0. The number of aromatic nitrogens is 1. The van der Waals surface area contributed by atoms with Gasteiger partial charge in [0.05, 0.1) is 11.4 Å². The highest BCUT2D eigenvalue weighted by Crippen LogP contribution is 2.38. The van der Waals surface area contributed by atoms with Crippen LogP contribution >= 0.6 is 23.1 Å². The van der Waals surface area contributed by atoms with Gasteiger partial charge in [-0.2, -0.15) is 0 Å². The predicted molar refractivity (Wildman–Crippen MR) is 99.6 cm³/mol. The number of nitrogens with zero attached hydrogens (tertiary/aromatic N) is 2. The lowest BCUT2D eigenvalue weighted by Crippen LogP contribution is -2.02. The number of hydrogen-bond acceptors (Lipinski definition) is 4. The van der Waals surface area contributed by atoms with Gasteiger partial charge in [-0.3, -0.25) is 4.99 Å². The van der Waals surface area contributed by atoms with Crippen molar-refractivity contribution in [3.05, 3.63) is 70.1 Å². The van der Waals surface area contributed by atoms with Crippen molar-refractivity contribution >= 4 is 28.1 Å². The SMILES string of the molecule is Cc1ccc(C2=NCc3sc(-c4ccc(C)cc4)nc3S2)cc1. The van der Waals surface area contributed by atoms with Gasteiger partial charge in [0.2, 0.25) is 0 Å². The molecule has 114 valence electrons. The third kappa shape index (κ3) is 2.96. The third-order valence-corrected chi connectivity index (χ3v) is 6.13. The van der Waals surface area contributed by atoms with Crippen molar-refractivity contribution < 1.29 is 0 Å². The lowest BCUT2D eigenvalue weighted by Gasteiger charge is -2.10. The fourth-order valence-corrected chi connectivity index (χ4v) is 4.53. The zero-order chi connectivity index (χ0) is 15.8. The van der Waals surface area contributed by atoms with Crippen LogP contribution < -0.4 is 0 Å². The summed E-state index contributed by atoms with van der Waals surface area (Å²) in [7, 11) is 0. The minimum atomic E-state index is 0.731. The summed E-state index contributed by atoms with van der Waals surface area (Å²) < 4.78 is 0. The van der Waals surface area contributed by atoms with Crippen molar-refractivity contribution in [2.24, 2.45) is 4.99 Å². The Morgan fingerprint density at radius 2 is 1.43 bits per heavy atom. The lowest BCUT2D eigenvalue weighted by atomic mass is 10.2. The van der Waals surface area contributed by atoms with Crippen LogP contribution in [0.25, 0.3) is 10.6 Å². The summed E-state index contributed by atoms with van der Waals surface area (Å²) >= 11 is 3.44. The zero-order valence-corrected chi connectivity index (χ0v) is 14.7. The van der Waals surface area contributed by atoms with Crippen LogP contribution in [-0.4, -0.2) is 10.0 Å². The molecule has 1 aliphatic rings. The average molecular weight is 336 g/mol. The maximum Gasteiger partial charge on any atom is 0.125 e. The fourth-order valence-electron chi connectivity index (χ4n) is 2.45. The van der Waals surface area contributed by atoms with Crippen molar-refractivity contribution in [3.63, 3.8) is 0 Å². The van der Waals surface area contributed by atoms with Gasteiger partial charge >= 0.3 is 0 Å². The Bertz CT molecular complexity index is 875. The smallest absolute Gasteiger partial charge is 0.125 e. The first-order valence-electron chi connectivity index (χ1n) is 7.55. The van der Waals surface area contributed by atoms with Gasteiger partial charge in [0.25, 0.3) is 0 Å². The van der Waals surface area contributed by atoms with Crippen molar-refractivity contribution in [1.29, 1.82) is 0 Å². The van der Waals surface area contributed by atoms with Crippen LogP contribution in [0.2, 0.25) is 0 Å². The Morgan fingerprint density at radius 3 is 2.09 bits per heavy atom. The first-order chi connectivity index (χ1) is 11.2. The van der Waals surface area contributed by atoms with E-state index in [4.69, 9.17) is 9.98 Å². The average Bonchev–Trinajstić information content (AvgIpc) is 2.99. The molecule has 0 amide bonds. The topological polar surface area (TPSA) is 25.2 Å². The molecular formula is C19H16N2S2. The molecule has 0 bridgehead atoms. The largest absolute Gasteiger partial charge is 0.272 e. The van der Waals surface area contributed by atoms with Gasteiger partial charge in [0.15, 0.2) is 0 Å². The van der Waals surface area contributed by atoms with Crippen LogP contribution in [0.5, 0.6) is 0 Å². The van der Waals surface area contributed by atoms with Crippen LogP contribution in [0.4, 0.5) is 0 Å². The summed E-state index contributed by atoms with van der Waals surface area (Å²) in [6.07, 6.45) is 0. The van der Waals surface area contributed by atoms with Gasteiger partial charge in [-0.15, -0.1) is 11.3 Å². The molecule has 0 radical (unpaired) electrons. The predicted octanol–water partition coefficient (Wildman–Crippen LogP) is 5.48. The number of rotatable bonds is 2. The molecule has 0 saturated carbocycles. The monoisotopic (exact) mass is 336 g/mol. The second-order valence-electron chi connectivity index (χ2n) is 5.70. The summed E-state index contributed by atoms with van der Waals surface area (Å²) in [5, 5.41) is 3.26. The maximum absolute atomic E-state index is 4.84. The molecule has 1 aromatic heterocycles. The molecule has 2 nitrogen and oxygen atoms in total. The molecule has 4 rings (SSSR count). The Kier molecular flexibility index (Phi) is 3.79. The van der Waals surface area contributed by atoms with Crippen LogP contribution in [0.3, 0.4) is 0 Å².